The zero-order valence-corrected chi connectivity index (χ0v) is 6.34. The fraction of sp³-hybridized carbons (Fsp3) is 0.200. The number of nitrogens with zero attached hydrogens (tertiary/aromatic N) is 3. The molecule has 0 aliphatic carbocycles. The number of imidazole rings is 1. The van der Waals surface area contributed by atoms with Crippen molar-refractivity contribution in [1.82, 2.24) is 9.55 Å². The Morgan fingerprint density at radius 1 is 1.70 bits per heavy atom. The second-order valence-corrected chi connectivity index (χ2v) is 2.98. The van der Waals surface area contributed by atoms with E-state index >= 15 is 0 Å². The molecule has 1 aromatic rings. The van der Waals surface area contributed by atoms with Crippen LogP contribution < -0.4 is 0 Å². The Labute approximate surface area is 58.8 Å². The van der Waals surface area contributed by atoms with Crippen LogP contribution in [0.3, 0.4) is 0 Å². The quantitative estimate of drug-likeness (QED) is 0.560. The lowest BCUT2D eigenvalue weighted by molar-refractivity contribution is 0.603. The van der Waals surface area contributed by atoms with Gasteiger partial charge in [0, 0.05) is 12.4 Å². The molecule has 2 heterocycles. The zero-order valence-electron chi connectivity index (χ0n) is 5.19. The van der Waals surface area contributed by atoms with Gasteiger partial charge in [-0.2, -0.15) is 0 Å². The van der Waals surface area contributed by atoms with Gasteiger partial charge in [0.25, 0.3) is 0 Å². The molecule has 0 radical (unpaired) electrons. The van der Waals surface area contributed by atoms with Gasteiger partial charge in [-0.15, -0.1) is 0 Å². The van der Waals surface area contributed by atoms with E-state index in [1.54, 1.807) is 6.20 Å². The molecular formula is C5H6N3OP. The summed E-state index contributed by atoms with van der Waals surface area (Å²) < 4.78 is 12.3. The van der Waals surface area contributed by atoms with Gasteiger partial charge >= 0.3 is 0 Å². The molecule has 0 bridgehead atoms. The highest BCUT2D eigenvalue weighted by molar-refractivity contribution is 7.46. The van der Waals surface area contributed by atoms with Gasteiger partial charge in [-0.3, -0.25) is 0 Å². The van der Waals surface area contributed by atoms with Crippen molar-refractivity contribution in [1.29, 1.82) is 0 Å². The van der Waals surface area contributed by atoms with Crippen molar-refractivity contribution in [3.63, 3.8) is 0 Å². The highest BCUT2D eigenvalue weighted by Gasteiger charge is 2.11. The van der Waals surface area contributed by atoms with Crippen LogP contribution in [0.2, 0.25) is 0 Å². The molecule has 0 fully saturated rings. The van der Waals surface area contributed by atoms with E-state index in [2.05, 4.69) is 9.98 Å². The van der Waals surface area contributed by atoms with Crippen LogP contribution in [0.5, 0.6) is 0 Å². The fourth-order valence-electron chi connectivity index (χ4n) is 0.940. The van der Waals surface area contributed by atoms with Gasteiger partial charge in [-0.05, 0) is 0 Å². The van der Waals surface area contributed by atoms with Crippen molar-refractivity contribution in [2.24, 2.45) is 4.99 Å². The van der Waals surface area contributed by atoms with Crippen LogP contribution in [-0.2, 0) is 11.1 Å². The highest BCUT2D eigenvalue weighted by atomic mass is 31.1. The average Bonchev–Trinajstić information content (AvgIpc) is 2.42. The van der Waals surface area contributed by atoms with E-state index < -0.39 is 8.46 Å². The highest BCUT2D eigenvalue weighted by Crippen LogP contribution is 2.20. The lowest BCUT2D eigenvalue weighted by atomic mass is 10.7. The first-order chi connectivity index (χ1) is 4.90. The number of rotatable bonds is 1. The van der Waals surface area contributed by atoms with Gasteiger partial charge in [-0.25, -0.2) is 9.98 Å². The van der Waals surface area contributed by atoms with E-state index in [0.29, 0.717) is 12.5 Å². The molecule has 4 nitrogen and oxygen atoms in total. The Morgan fingerprint density at radius 3 is 3.30 bits per heavy atom. The van der Waals surface area contributed by atoms with Gasteiger partial charge < -0.3 is 9.13 Å². The molecule has 0 saturated carbocycles. The Bertz CT molecular complexity index is 304. The maximum Gasteiger partial charge on any atom is 0.230 e. The molecule has 1 aromatic heterocycles. The van der Waals surface area contributed by atoms with E-state index in [9.17, 15) is 4.57 Å². The molecule has 0 aromatic carbocycles. The minimum Gasteiger partial charge on any atom is -0.324 e. The molecule has 0 saturated heterocycles. The lowest BCUT2D eigenvalue weighted by Crippen LogP contribution is -1.93. The van der Waals surface area contributed by atoms with Gasteiger partial charge in [0.05, 0.1) is 12.0 Å². The molecule has 10 heavy (non-hydrogen) atoms. The SMILES string of the molecule is O=[PH2]C1=Nc2nccn2C1. The van der Waals surface area contributed by atoms with Crippen LogP contribution in [0.15, 0.2) is 17.4 Å². The third-order valence-electron chi connectivity index (χ3n) is 1.41. The summed E-state index contributed by atoms with van der Waals surface area (Å²) in [6.07, 6.45) is 3.52. The van der Waals surface area contributed by atoms with Crippen molar-refractivity contribution in [3.05, 3.63) is 12.4 Å². The van der Waals surface area contributed by atoms with E-state index in [0.717, 1.165) is 5.45 Å². The molecule has 2 rings (SSSR count). The molecule has 1 aliphatic rings. The summed E-state index contributed by atoms with van der Waals surface area (Å²) in [5, 5.41) is 0. The summed E-state index contributed by atoms with van der Waals surface area (Å²) in [5.41, 5.74) is 0.753. The summed E-state index contributed by atoms with van der Waals surface area (Å²) >= 11 is 0. The first-order valence-electron chi connectivity index (χ1n) is 2.94. The van der Waals surface area contributed by atoms with E-state index in [4.69, 9.17) is 0 Å². The molecular weight excluding hydrogens is 149 g/mol. The number of aromatic nitrogens is 2. The monoisotopic (exact) mass is 155 g/mol. The topological polar surface area (TPSA) is 47.2 Å². The normalized spacial score (nSPS) is 16.2. The molecule has 52 valence electrons. The second kappa shape index (κ2) is 2.06. The maximum atomic E-state index is 10.4. The minimum absolute atomic E-state index is 0.661. The van der Waals surface area contributed by atoms with Crippen molar-refractivity contribution in [2.75, 3.05) is 0 Å². The number of fused-ring (bicyclic) bond motifs is 1. The first-order valence-corrected chi connectivity index (χ1v) is 3.99. The van der Waals surface area contributed by atoms with E-state index in [1.165, 1.54) is 0 Å². The van der Waals surface area contributed by atoms with Crippen LogP contribution >= 0.6 is 8.46 Å². The molecule has 0 N–H and O–H groups in total. The minimum atomic E-state index is -0.871. The molecule has 1 aliphatic heterocycles. The zero-order chi connectivity index (χ0) is 6.97. The van der Waals surface area contributed by atoms with Crippen molar-refractivity contribution in [2.45, 2.75) is 6.54 Å². The van der Waals surface area contributed by atoms with Gasteiger partial charge in [0.1, 0.15) is 8.46 Å². The number of aliphatic imine (C=N–C) groups is 1. The third kappa shape index (κ3) is 0.727. The molecule has 1 atom stereocenters. The van der Waals surface area contributed by atoms with Crippen LogP contribution in [0.1, 0.15) is 0 Å². The molecule has 1 unspecified atom stereocenters. The van der Waals surface area contributed by atoms with Gasteiger partial charge in [0.15, 0.2) is 0 Å². The largest absolute Gasteiger partial charge is 0.324 e. The number of hydrogen-bond acceptors (Lipinski definition) is 3. The summed E-state index contributed by atoms with van der Waals surface area (Å²) in [5.74, 6) is 0.679. The van der Waals surface area contributed by atoms with E-state index in [-0.39, 0.29) is 0 Å². The smallest absolute Gasteiger partial charge is 0.230 e. The van der Waals surface area contributed by atoms with Crippen molar-refractivity contribution in [3.8, 4) is 0 Å². The van der Waals surface area contributed by atoms with Crippen molar-refractivity contribution < 1.29 is 4.57 Å². The van der Waals surface area contributed by atoms with Gasteiger partial charge in [-0.1, -0.05) is 0 Å². The Kier molecular flexibility index (Phi) is 1.21. The summed E-state index contributed by atoms with van der Waals surface area (Å²) in [6, 6.07) is 0. The summed E-state index contributed by atoms with van der Waals surface area (Å²) in [6.45, 7) is 0.661. The standard InChI is InChI=1S/C5H6N3OP/c9-10-4-3-8-2-1-6-5(8)7-4/h1-2H,3,10H2. The second-order valence-electron chi connectivity index (χ2n) is 2.08. The third-order valence-corrected chi connectivity index (χ3v) is 1.99. The average molecular weight is 155 g/mol. The van der Waals surface area contributed by atoms with Crippen LogP contribution in [-0.4, -0.2) is 15.0 Å². The maximum absolute atomic E-state index is 10.4. The predicted molar refractivity (Wildman–Crippen MR) is 39.7 cm³/mol. The first kappa shape index (κ1) is 5.86. The van der Waals surface area contributed by atoms with E-state index in [1.807, 2.05) is 10.8 Å². The van der Waals surface area contributed by atoms with Crippen LogP contribution in [0.25, 0.3) is 0 Å². The van der Waals surface area contributed by atoms with Crippen LogP contribution in [0.4, 0.5) is 5.95 Å². The Balaban J connectivity index is 2.45. The van der Waals surface area contributed by atoms with Gasteiger partial charge in [0.2, 0.25) is 5.95 Å². The predicted octanol–water partition coefficient (Wildman–Crippen LogP) is 0.683. The molecule has 0 amide bonds. The lowest BCUT2D eigenvalue weighted by Gasteiger charge is -1.88. The van der Waals surface area contributed by atoms with Crippen LogP contribution in [0, 0.1) is 0 Å². The fourth-order valence-corrected chi connectivity index (χ4v) is 1.38. The Hall–Kier alpha value is -0.890. The number of hydrogen-bond donors (Lipinski definition) is 0. The molecule has 5 heteroatoms. The molecule has 0 spiro atoms. The summed E-state index contributed by atoms with van der Waals surface area (Å²) in [7, 11) is -0.871. The summed E-state index contributed by atoms with van der Waals surface area (Å²) in [4.78, 5) is 7.97. The van der Waals surface area contributed by atoms with Crippen molar-refractivity contribution >= 4 is 19.9 Å². The Morgan fingerprint density at radius 2 is 2.60 bits per heavy atom.